The van der Waals surface area contributed by atoms with Crippen LogP contribution in [0.25, 0.3) is 22.6 Å². The van der Waals surface area contributed by atoms with Crippen molar-refractivity contribution in [3.63, 3.8) is 0 Å². The van der Waals surface area contributed by atoms with Gasteiger partial charge < -0.3 is 9.55 Å². The summed E-state index contributed by atoms with van der Waals surface area (Å²) in [6.07, 6.45) is 4.83. The number of pyridine rings is 1. The van der Waals surface area contributed by atoms with E-state index in [1.807, 2.05) is 0 Å². The maximum atomic E-state index is 13.0. The van der Waals surface area contributed by atoms with Gasteiger partial charge in [-0.25, -0.2) is 14.4 Å². The first-order chi connectivity index (χ1) is 11.7. The fourth-order valence-corrected chi connectivity index (χ4v) is 2.54. The van der Waals surface area contributed by atoms with E-state index in [0.717, 1.165) is 11.1 Å². The molecule has 0 saturated carbocycles. The van der Waals surface area contributed by atoms with Crippen molar-refractivity contribution in [1.29, 1.82) is 0 Å². The van der Waals surface area contributed by atoms with Gasteiger partial charge >= 0.3 is 0 Å². The molecule has 3 heterocycles. The van der Waals surface area contributed by atoms with Crippen molar-refractivity contribution in [3.8, 4) is 11.4 Å². The van der Waals surface area contributed by atoms with E-state index in [-0.39, 0.29) is 11.4 Å². The molecule has 4 aromatic rings. The summed E-state index contributed by atoms with van der Waals surface area (Å²) < 4.78 is 14.7. The summed E-state index contributed by atoms with van der Waals surface area (Å²) in [5.41, 5.74) is 2.11. The standard InChI is InChI=1S/C17H12FN5O/c18-13-3-1-11(2-4-13)9-23-10-20-16-14(23)17(24)22-15(21-16)12-5-7-19-8-6-12/h1-8,10H,9H2,(H,21,22,24). The average Bonchev–Trinajstić information content (AvgIpc) is 3.01. The second-order valence-corrected chi connectivity index (χ2v) is 5.32. The van der Waals surface area contributed by atoms with Crippen LogP contribution in [0, 0.1) is 5.82 Å². The number of imidazole rings is 1. The van der Waals surface area contributed by atoms with Crippen LogP contribution in [0.15, 0.2) is 59.9 Å². The van der Waals surface area contributed by atoms with Crippen molar-refractivity contribution < 1.29 is 4.39 Å². The highest BCUT2D eigenvalue weighted by Crippen LogP contribution is 2.15. The van der Waals surface area contributed by atoms with Crippen LogP contribution in [0.5, 0.6) is 0 Å². The maximum Gasteiger partial charge on any atom is 0.277 e. The Morgan fingerprint density at radius 2 is 1.83 bits per heavy atom. The highest BCUT2D eigenvalue weighted by atomic mass is 19.1. The molecule has 0 amide bonds. The number of fused-ring (bicyclic) bond motifs is 1. The zero-order valence-corrected chi connectivity index (χ0v) is 12.5. The summed E-state index contributed by atoms with van der Waals surface area (Å²) in [5, 5.41) is 0. The van der Waals surface area contributed by atoms with E-state index in [2.05, 4.69) is 19.9 Å². The van der Waals surface area contributed by atoms with E-state index in [1.165, 1.54) is 12.1 Å². The lowest BCUT2D eigenvalue weighted by atomic mass is 10.2. The molecule has 0 unspecified atom stereocenters. The third-order valence-corrected chi connectivity index (χ3v) is 3.70. The Morgan fingerprint density at radius 3 is 2.58 bits per heavy atom. The van der Waals surface area contributed by atoms with E-state index in [4.69, 9.17) is 0 Å². The Hall–Kier alpha value is -3.35. The van der Waals surface area contributed by atoms with Crippen molar-refractivity contribution >= 4 is 11.2 Å². The van der Waals surface area contributed by atoms with Crippen molar-refractivity contribution in [3.05, 3.63) is 76.9 Å². The van der Waals surface area contributed by atoms with E-state index in [1.54, 1.807) is 47.6 Å². The molecule has 3 aromatic heterocycles. The fourth-order valence-electron chi connectivity index (χ4n) is 2.54. The number of benzene rings is 1. The van der Waals surface area contributed by atoms with Gasteiger partial charge in [-0.1, -0.05) is 12.1 Å². The van der Waals surface area contributed by atoms with Gasteiger partial charge in [-0.05, 0) is 29.8 Å². The molecule has 7 heteroatoms. The van der Waals surface area contributed by atoms with Gasteiger partial charge in [-0.15, -0.1) is 0 Å². The lowest BCUT2D eigenvalue weighted by Crippen LogP contribution is -2.13. The quantitative estimate of drug-likeness (QED) is 0.628. The molecule has 0 fully saturated rings. The highest BCUT2D eigenvalue weighted by Gasteiger charge is 2.12. The Morgan fingerprint density at radius 1 is 1.08 bits per heavy atom. The molecule has 0 aliphatic heterocycles. The molecule has 1 aromatic carbocycles. The van der Waals surface area contributed by atoms with E-state index < -0.39 is 0 Å². The molecule has 0 spiro atoms. The van der Waals surface area contributed by atoms with Crippen LogP contribution in [0.3, 0.4) is 0 Å². The Kier molecular flexibility index (Phi) is 3.38. The topological polar surface area (TPSA) is 76.5 Å². The lowest BCUT2D eigenvalue weighted by molar-refractivity contribution is 0.626. The fraction of sp³-hybridized carbons (Fsp3) is 0.0588. The number of H-pyrrole nitrogens is 1. The number of aromatic amines is 1. The molecule has 0 aliphatic carbocycles. The van der Waals surface area contributed by atoms with Crippen molar-refractivity contribution in [2.75, 3.05) is 0 Å². The van der Waals surface area contributed by atoms with Gasteiger partial charge in [0.05, 0.1) is 6.33 Å². The molecule has 0 atom stereocenters. The van der Waals surface area contributed by atoms with Crippen LogP contribution in [0.4, 0.5) is 4.39 Å². The van der Waals surface area contributed by atoms with E-state index in [0.29, 0.717) is 23.5 Å². The molecule has 0 saturated heterocycles. The van der Waals surface area contributed by atoms with Crippen LogP contribution in [0.1, 0.15) is 5.56 Å². The second kappa shape index (κ2) is 5.69. The average molecular weight is 321 g/mol. The van der Waals surface area contributed by atoms with Gasteiger partial charge in [0.15, 0.2) is 11.2 Å². The number of aromatic nitrogens is 5. The minimum Gasteiger partial charge on any atom is -0.320 e. The number of nitrogens with zero attached hydrogens (tertiary/aromatic N) is 4. The minimum absolute atomic E-state index is 0.272. The first kappa shape index (κ1) is 14.3. The first-order valence-electron chi connectivity index (χ1n) is 7.31. The summed E-state index contributed by atoms with van der Waals surface area (Å²) in [6.45, 7) is 0.413. The summed E-state index contributed by atoms with van der Waals surface area (Å²) >= 11 is 0. The predicted molar refractivity (Wildman–Crippen MR) is 86.9 cm³/mol. The summed E-state index contributed by atoms with van der Waals surface area (Å²) in [7, 11) is 0. The molecule has 1 N–H and O–H groups in total. The lowest BCUT2D eigenvalue weighted by Gasteiger charge is -2.05. The molecule has 6 nitrogen and oxygen atoms in total. The molecule has 0 aliphatic rings. The first-order valence-corrected chi connectivity index (χ1v) is 7.31. The SMILES string of the molecule is O=c1[nH]c(-c2ccncc2)nc2ncn(Cc3ccc(F)cc3)c12. The van der Waals surface area contributed by atoms with Crippen LogP contribution >= 0.6 is 0 Å². The zero-order chi connectivity index (χ0) is 16.5. The third-order valence-electron chi connectivity index (χ3n) is 3.70. The Balaban J connectivity index is 1.77. The number of hydrogen-bond acceptors (Lipinski definition) is 4. The normalized spacial score (nSPS) is 11.0. The van der Waals surface area contributed by atoms with Crippen molar-refractivity contribution in [1.82, 2.24) is 24.5 Å². The van der Waals surface area contributed by atoms with Gasteiger partial charge in [0.1, 0.15) is 11.6 Å². The van der Waals surface area contributed by atoms with Crippen LogP contribution in [0.2, 0.25) is 0 Å². The third kappa shape index (κ3) is 2.56. The van der Waals surface area contributed by atoms with Crippen molar-refractivity contribution in [2.24, 2.45) is 0 Å². The van der Waals surface area contributed by atoms with E-state index in [9.17, 15) is 9.18 Å². The molecular formula is C17H12FN5O. The maximum absolute atomic E-state index is 13.0. The summed E-state index contributed by atoms with van der Waals surface area (Å²) in [5.74, 6) is 0.151. The molecule has 118 valence electrons. The smallest absolute Gasteiger partial charge is 0.277 e. The van der Waals surface area contributed by atoms with Crippen LogP contribution in [-0.2, 0) is 6.54 Å². The highest BCUT2D eigenvalue weighted by molar-refractivity contribution is 5.72. The van der Waals surface area contributed by atoms with Gasteiger partial charge in [-0.3, -0.25) is 9.78 Å². The zero-order valence-electron chi connectivity index (χ0n) is 12.5. The monoisotopic (exact) mass is 321 g/mol. The number of rotatable bonds is 3. The number of halogens is 1. The number of nitrogens with one attached hydrogen (secondary N) is 1. The van der Waals surface area contributed by atoms with Gasteiger partial charge in [-0.2, -0.15) is 0 Å². The molecular weight excluding hydrogens is 309 g/mol. The van der Waals surface area contributed by atoms with Gasteiger partial charge in [0.2, 0.25) is 0 Å². The minimum atomic E-state index is -0.296. The van der Waals surface area contributed by atoms with Crippen LogP contribution in [-0.4, -0.2) is 24.5 Å². The van der Waals surface area contributed by atoms with Crippen LogP contribution < -0.4 is 5.56 Å². The predicted octanol–water partition coefficient (Wildman–Crippen LogP) is 2.37. The van der Waals surface area contributed by atoms with E-state index >= 15 is 0 Å². The molecule has 4 rings (SSSR count). The second-order valence-electron chi connectivity index (χ2n) is 5.32. The summed E-state index contributed by atoms with van der Waals surface area (Å²) in [4.78, 5) is 27.8. The molecule has 0 bridgehead atoms. The molecule has 0 radical (unpaired) electrons. The van der Waals surface area contributed by atoms with Gasteiger partial charge in [0, 0.05) is 24.5 Å². The number of hydrogen-bond donors (Lipinski definition) is 1. The molecule has 24 heavy (non-hydrogen) atoms. The van der Waals surface area contributed by atoms with Gasteiger partial charge in [0.25, 0.3) is 5.56 Å². The Labute approximate surface area is 135 Å². The summed E-state index contributed by atoms with van der Waals surface area (Å²) in [6, 6.07) is 9.65. The Bertz CT molecular complexity index is 1050. The van der Waals surface area contributed by atoms with Crippen molar-refractivity contribution in [2.45, 2.75) is 6.54 Å². The largest absolute Gasteiger partial charge is 0.320 e.